The maximum absolute atomic E-state index is 13.1. The first kappa shape index (κ1) is 21.5. The van der Waals surface area contributed by atoms with Gasteiger partial charge in [-0.15, -0.1) is 0 Å². The Balaban J connectivity index is 1.66. The third kappa shape index (κ3) is 6.16. The SMILES string of the molecule is CC(C)COc1ccc(NC(=S)NC(=O)C(c2ccccc2)c2ccccc2)cc1. The number of carbonyl (C=O) groups excluding carboxylic acids is 1. The molecular formula is C25H26N2O2S. The van der Waals surface area contributed by atoms with E-state index in [1.165, 1.54) is 0 Å². The molecule has 0 aliphatic carbocycles. The highest BCUT2D eigenvalue weighted by atomic mass is 32.1. The van der Waals surface area contributed by atoms with Gasteiger partial charge in [0.2, 0.25) is 5.91 Å². The molecule has 0 spiro atoms. The van der Waals surface area contributed by atoms with E-state index in [9.17, 15) is 4.79 Å². The largest absolute Gasteiger partial charge is 0.493 e. The molecule has 0 unspecified atom stereocenters. The fourth-order valence-corrected chi connectivity index (χ4v) is 3.25. The Labute approximate surface area is 183 Å². The minimum atomic E-state index is -0.445. The van der Waals surface area contributed by atoms with Gasteiger partial charge in [0.1, 0.15) is 5.75 Å². The Kier molecular flexibility index (Phi) is 7.57. The summed E-state index contributed by atoms with van der Waals surface area (Å²) in [5, 5.41) is 6.15. The van der Waals surface area contributed by atoms with Crippen LogP contribution in [0.15, 0.2) is 84.9 Å². The van der Waals surface area contributed by atoms with Crippen molar-refractivity contribution in [2.45, 2.75) is 19.8 Å². The summed E-state index contributed by atoms with van der Waals surface area (Å²) in [5.74, 6) is 0.644. The van der Waals surface area contributed by atoms with Gasteiger partial charge < -0.3 is 15.4 Å². The summed E-state index contributed by atoms with van der Waals surface area (Å²) in [7, 11) is 0. The van der Waals surface area contributed by atoms with Crippen molar-refractivity contribution in [2.75, 3.05) is 11.9 Å². The lowest BCUT2D eigenvalue weighted by atomic mass is 9.90. The van der Waals surface area contributed by atoms with Crippen molar-refractivity contribution in [3.8, 4) is 5.75 Å². The normalized spacial score (nSPS) is 10.7. The smallest absolute Gasteiger partial charge is 0.238 e. The molecule has 1 amide bonds. The minimum Gasteiger partial charge on any atom is -0.493 e. The molecule has 4 nitrogen and oxygen atoms in total. The first-order valence-corrected chi connectivity index (χ1v) is 10.4. The van der Waals surface area contributed by atoms with Crippen LogP contribution >= 0.6 is 12.2 Å². The number of thiocarbonyl (C=S) groups is 1. The van der Waals surface area contributed by atoms with Gasteiger partial charge in [0.05, 0.1) is 12.5 Å². The van der Waals surface area contributed by atoms with E-state index in [2.05, 4.69) is 24.5 Å². The number of benzene rings is 3. The van der Waals surface area contributed by atoms with Crippen LogP contribution in [0.1, 0.15) is 30.9 Å². The van der Waals surface area contributed by atoms with Crippen molar-refractivity contribution in [3.63, 3.8) is 0 Å². The average Bonchev–Trinajstić information content (AvgIpc) is 2.75. The Bertz CT molecular complexity index is 918. The van der Waals surface area contributed by atoms with Gasteiger partial charge in [-0.25, -0.2) is 0 Å². The molecule has 0 aromatic heterocycles. The molecule has 0 aliphatic rings. The fraction of sp³-hybridized carbons (Fsp3) is 0.200. The topological polar surface area (TPSA) is 50.4 Å². The summed E-state index contributed by atoms with van der Waals surface area (Å²) in [6, 6.07) is 26.9. The second kappa shape index (κ2) is 10.6. The van der Waals surface area contributed by atoms with Crippen molar-refractivity contribution < 1.29 is 9.53 Å². The zero-order chi connectivity index (χ0) is 21.3. The van der Waals surface area contributed by atoms with Gasteiger partial charge in [-0.1, -0.05) is 74.5 Å². The standard InChI is InChI=1S/C25H26N2O2S/c1-18(2)17-29-22-15-13-21(14-16-22)26-25(30)27-24(28)23(19-9-5-3-6-10-19)20-11-7-4-8-12-20/h3-16,18,23H,17H2,1-2H3,(H2,26,27,28,30). The lowest BCUT2D eigenvalue weighted by Crippen LogP contribution is -2.37. The maximum atomic E-state index is 13.1. The summed E-state index contributed by atoms with van der Waals surface area (Å²) in [5.41, 5.74) is 2.61. The molecular weight excluding hydrogens is 392 g/mol. The second-order valence-corrected chi connectivity index (χ2v) is 7.84. The van der Waals surface area contributed by atoms with Crippen molar-refractivity contribution in [2.24, 2.45) is 5.92 Å². The highest BCUT2D eigenvalue weighted by Gasteiger charge is 2.23. The van der Waals surface area contributed by atoms with E-state index in [4.69, 9.17) is 17.0 Å². The van der Waals surface area contributed by atoms with Crippen molar-refractivity contribution in [3.05, 3.63) is 96.1 Å². The number of anilines is 1. The zero-order valence-electron chi connectivity index (χ0n) is 17.2. The molecule has 0 aliphatic heterocycles. The van der Waals surface area contributed by atoms with Gasteiger partial charge in [-0.2, -0.15) is 0 Å². The minimum absolute atomic E-state index is 0.179. The van der Waals surface area contributed by atoms with Crippen LogP contribution in [0.5, 0.6) is 5.75 Å². The van der Waals surface area contributed by atoms with E-state index in [0.717, 1.165) is 22.6 Å². The molecule has 0 saturated carbocycles. The molecule has 3 aromatic carbocycles. The van der Waals surface area contributed by atoms with Crippen LogP contribution in [-0.4, -0.2) is 17.6 Å². The summed E-state index contributed by atoms with van der Waals surface area (Å²) < 4.78 is 5.69. The number of rotatable bonds is 7. The van der Waals surface area contributed by atoms with Gasteiger partial charge in [0.15, 0.2) is 5.11 Å². The van der Waals surface area contributed by atoms with E-state index in [1.54, 1.807) is 0 Å². The monoisotopic (exact) mass is 418 g/mol. The summed E-state index contributed by atoms with van der Waals surface area (Å²) in [6.45, 7) is 4.88. The summed E-state index contributed by atoms with van der Waals surface area (Å²) in [6.07, 6.45) is 0. The second-order valence-electron chi connectivity index (χ2n) is 7.43. The van der Waals surface area contributed by atoms with Gasteiger partial charge >= 0.3 is 0 Å². The quantitative estimate of drug-likeness (QED) is 0.507. The number of hydrogen-bond acceptors (Lipinski definition) is 3. The molecule has 0 radical (unpaired) electrons. The van der Waals surface area contributed by atoms with E-state index in [0.29, 0.717) is 12.5 Å². The molecule has 0 fully saturated rings. The molecule has 3 aromatic rings. The molecule has 2 N–H and O–H groups in total. The van der Waals surface area contributed by atoms with Crippen LogP contribution in [0.4, 0.5) is 5.69 Å². The highest BCUT2D eigenvalue weighted by molar-refractivity contribution is 7.80. The van der Waals surface area contributed by atoms with Gasteiger partial charge in [-0.3, -0.25) is 4.79 Å². The first-order chi connectivity index (χ1) is 14.5. The van der Waals surface area contributed by atoms with E-state index >= 15 is 0 Å². The Hall–Kier alpha value is -3.18. The third-order valence-corrected chi connectivity index (χ3v) is 4.66. The third-order valence-electron chi connectivity index (χ3n) is 4.46. The Morgan fingerprint density at radius 1 is 0.867 bits per heavy atom. The molecule has 0 atom stereocenters. The molecule has 5 heteroatoms. The van der Waals surface area contributed by atoms with Crippen molar-refractivity contribution in [1.29, 1.82) is 0 Å². The molecule has 0 saturated heterocycles. The van der Waals surface area contributed by atoms with Crippen molar-refractivity contribution >= 4 is 28.9 Å². The summed E-state index contributed by atoms with van der Waals surface area (Å²) >= 11 is 5.38. The molecule has 30 heavy (non-hydrogen) atoms. The summed E-state index contributed by atoms with van der Waals surface area (Å²) in [4.78, 5) is 13.1. The van der Waals surface area contributed by atoms with Gasteiger partial charge in [0, 0.05) is 5.69 Å². The van der Waals surface area contributed by atoms with Crippen LogP contribution in [0.25, 0.3) is 0 Å². The van der Waals surface area contributed by atoms with Crippen LogP contribution in [-0.2, 0) is 4.79 Å². The lowest BCUT2D eigenvalue weighted by Gasteiger charge is -2.19. The van der Waals surface area contributed by atoms with Crippen molar-refractivity contribution in [1.82, 2.24) is 5.32 Å². The van der Waals surface area contributed by atoms with E-state index in [-0.39, 0.29) is 11.0 Å². The lowest BCUT2D eigenvalue weighted by molar-refractivity contribution is -0.120. The molecule has 0 bridgehead atoms. The molecule has 0 heterocycles. The van der Waals surface area contributed by atoms with Crippen LogP contribution in [0, 0.1) is 5.92 Å². The van der Waals surface area contributed by atoms with Crippen LogP contribution in [0.3, 0.4) is 0 Å². The maximum Gasteiger partial charge on any atom is 0.238 e. The van der Waals surface area contributed by atoms with E-state index in [1.807, 2.05) is 84.9 Å². The van der Waals surface area contributed by atoms with Gasteiger partial charge in [0.25, 0.3) is 0 Å². The predicted octanol–water partition coefficient (Wildman–Crippen LogP) is 5.37. The number of hydrogen-bond donors (Lipinski definition) is 2. The highest BCUT2D eigenvalue weighted by Crippen LogP contribution is 2.25. The number of carbonyl (C=O) groups is 1. The van der Waals surface area contributed by atoms with Crippen LogP contribution < -0.4 is 15.4 Å². The Morgan fingerprint density at radius 2 is 1.40 bits per heavy atom. The molecule has 154 valence electrons. The number of nitrogens with one attached hydrogen (secondary N) is 2. The number of ether oxygens (including phenoxy) is 1. The predicted molar refractivity (Wildman–Crippen MR) is 126 cm³/mol. The van der Waals surface area contributed by atoms with Gasteiger partial charge in [-0.05, 0) is 53.5 Å². The fourth-order valence-electron chi connectivity index (χ4n) is 3.03. The zero-order valence-corrected chi connectivity index (χ0v) is 18.0. The molecule has 3 rings (SSSR count). The average molecular weight is 419 g/mol. The van der Waals surface area contributed by atoms with Crippen LogP contribution in [0.2, 0.25) is 0 Å². The Morgan fingerprint density at radius 3 is 1.90 bits per heavy atom. The van der Waals surface area contributed by atoms with E-state index < -0.39 is 5.92 Å². The first-order valence-electron chi connectivity index (χ1n) is 9.97. The number of amides is 1.